The fourth-order valence-corrected chi connectivity index (χ4v) is 3.48. The minimum absolute atomic E-state index is 0.507. The van der Waals surface area contributed by atoms with Crippen LogP contribution in [0.15, 0.2) is 23.5 Å². The Morgan fingerprint density at radius 3 is 2.60 bits per heavy atom. The van der Waals surface area contributed by atoms with Crippen molar-refractivity contribution in [2.75, 3.05) is 51.3 Å². The van der Waals surface area contributed by atoms with Crippen molar-refractivity contribution in [3.63, 3.8) is 0 Å². The van der Waals surface area contributed by atoms with Crippen molar-refractivity contribution in [3.8, 4) is 0 Å². The van der Waals surface area contributed by atoms with E-state index in [0.717, 1.165) is 57.7 Å². The third-order valence-corrected chi connectivity index (χ3v) is 4.89. The normalized spacial score (nSPS) is 19.5. The van der Waals surface area contributed by atoms with Gasteiger partial charge < -0.3 is 19.9 Å². The second-order valence-corrected chi connectivity index (χ2v) is 6.63. The highest BCUT2D eigenvalue weighted by atomic mass is 16.5. The highest BCUT2D eigenvalue weighted by Crippen LogP contribution is 2.20. The fourth-order valence-electron chi connectivity index (χ4n) is 3.48. The predicted octanol–water partition coefficient (Wildman–Crippen LogP) is 1.52. The Morgan fingerprint density at radius 2 is 1.92 bits per heavy atom. The third kappa shape index (κ3) is 5.29. The lowest BCUT2D eigenvalue weighted by Gasteiger charge is -2.36. The average molecular weight is 346 g/mol. The molecule has 2 aliphatic rings. The molecule has 1 aliphatic carbocycles. The van der Waals surface area contributed by atoms with Crippen molar-refractivity contribution < 1.29 is 4.74 Å². The van der Waals surface area contributed by atoms with Gasteiger partial charge in [0, 0.05) is 58.8 Å². The van der Waals surface area contributed by atoms with E-state index in [0.29, 0.717) is 6.10 Å². The molecule has 1 aromatic rings. The smallest absolute Gasteiger partial charge is 0.225 e. The van der Waals surface area contributed by atoms with Crippen LogP contribution in [0, 0.1) is 0 Å². The zero-order valence-corrected chi connectivity index (χ0v) is 15.2. The summed E-state index contributed by atoms with van der Waals surface area (Å²) in [5.74, 6) is 1.80. The molecule has 2 fully saturated rings. The summed E-state index contributed by atoms with van der Waals surface area (Å²) in [4.78, 5) is 17.6. The van der Waals surface area contributed by atoms with E-state index in [2.05, 4.69) is 30.1 Å². The van der Waals surface area contributed by atoms with Crippen LogP contribution < -0.4 is 10.2 Å². The molecule has 1 saturated heterocycles. The van der Waals surface area contributed by atoms with E-state index in [1.165, 1.54) is 25.7 Å². The maximum atomic E-state index is 5.91. The molecular weight excluding hydrogens is 316 g/mol. The van der Waals surface area contributed by atoms with Crippen molar-refractivity contribution in [3.05, 3.63) is 18.5 Å². The van der Waals surface area contributed by atoms with Crippen LogP contribution in [-0.4, -0.2) is 73.3 Å². The first kappa shape index (κ1) is 17.9. The van der Waals surface area contributed by atoms with Crippen LogP contribution in [0.5, 0.6) is 0 Å². The van der Waals surface area contributed by atoms with E-state index in [4.69, 9.17) is 4.74 Å². The molecule has 0 spiro atoms. The second-order valence-electron chi connectivity index (χ2n) is 6.63. The summed E-state index contributed by atoms with van der Waals surface area (Å²) in [7, 11) is 1.85. The molecule has 138 valence electrons. The number of nitrogens with zero attached hydrogens (tertiary/aromatic N) is 5. The van der Waals surface area contributed by atoms with Gasteiger partial charge in [0.15, 0.2) is 5.96 Å². The van der Waals surface area contributed by atoms with E-state index in [1.807, 2.05) is 13.1 Å². The van der Waals surface area contributed by atoms with Crippen molar-refractivity contribution in [1.29, 1.82) is 0 Å². The third-order valence-electron chi connectivity index (χ3n) is 4.89. The van der Waals surface area contributed by atoms with E-state index in [1.54, 1.807) is 12.4 Å². The largest absolute Gasteiger partial charge is 0.378 e. The van der Waals surface area contributed by atoms with Gasteiger partial charge >= 0.3 is 0 Å². The van der Waals surface area contributed by atoms with Gasteiger partial charge in [-0.1, -0.05) is 12.8 Å². The van der Waals surface area contributed by atoms with Crippen molar-refractivity contribution in [2.24, 2.45) is 4.99 Å². The fraction of sp³-hybridized carbons (Fsp3) is 0.722. The molecular formula is C18H30N6O. The lowest BCUT2D eigenvalue weighted by atomic mass is 10.3. The predicted molar refractivity (Wildman–Crippen MR) is 100 cm³/mol. The maximum Gasteiger partial charge on any atom is 0.225 e. The molecule has 0 amide bonds. The van der Waals surface area contributed by atoms with Crippen LogP contribution in [-0.2, 0) is 4.74 Å². The summed E-state index contributed by atoms with van der Waals surface area (Å²) in [6, 6.07) is 1.85. The van der Waals surface area contributed by atoms with Crippen LogP contribution in [0.2, 0.25) is 0 Å². The van der Waals surface area contributed by atoms with Gasteiger partial charge in [-0.15, -0.1) is 0 Å². The summed E-state index contributed by atoms with van der Waals surface area (Å²) in [5, 5.41) is 3.47. The summed E-state index contributed by atoms with van der Waals surface area (Å²) in [6.45, 7) is 5.42. The van der Waals surface area contributed by atoms with Gasteiger partial charge in [0.2, 0.25) is 5.95 Å². The molecule has 25 heavy (non-hydrogen) atoms. The highest BCUT2D eigenvalue weighted by molar-refractivity contribution is 5.80. The number of nitrogens with one attached hydrogen (secondary N) is 1. The quantitative estimate of drug-likeness (QED) is 0.479. The number of ether oxygens (including phenoxy) is 1. The lowest BCUT2D eigenvalue weighted by molar-refractivity contribution is 0.0573. The molecule has 0 atom stereocenters. The Morgan fingerprint density at radius 1 is 1.20 bits per heavy atom. The van der Waals surface area contributed by atoms with Crippen molar-refractivity contribution in [2.45, 2.75) is 38.2 Å². The van der Waals surface area contributed by atoms with E-state index in [9.17, 15) is 0 Å². The first-order chi connectivity index (χ1) is 12.4. The molecule has 2 heterocycles. The molecule has 1 aromatic heterocycles. The number of rotatable bonds is 6. The maximum absolute atomic E-state index is 5.91. The molecule has 1 N–H and O–H groups in total. The lowest BCUT2D eigenvalue weighted by Crippen LogP contribution is -2.53. The summed E-state index contributed by atoms with van der Waals surface area (Å²) < 4.78 is 5.91. The van der Waals surface area contributed by atoms with Crippen LogP contribution >= 0.6 is 0 Å². The number of anilines is 1. The highest BCUT2D eigenvalue weighted by Gasteiger charge is 2.21. The van der Waals surface area contributed by atoms with Crippen LogP contribution in [0.25, 0.3) is 0 Å². The Hall–Kier alpha value is -1.89. The van der Waals surface area contributed by atoms with E-state index < -0.39 is 0 Å². The van der Waals surface area contributed by atoms with Crippen molar-refractivity contribution >= 4 is 11.9 Å². The van der Waals surface area contributed by atoms with Crippen LogP contribution in [0.4, 0.5) is 5.95 Å². The SMILES string of the molecule is CN=C(NCCCOC1CCCC1)N1CCN(c2ncccn2)CC1. The number of hydrogen-bond acceptors (Lipinski definition) is 5. The Labute approximate surface area is 150 Å². The molecule has 1 saturated carbocycles. The van der Waals surface area contributed by atoms with Gasteiger partial charge in [-0.2, -0.15) is 0 Å². The molecule has 0 aromatic carbocycles. The van der Waals surface area contributed by atoms with E-state index in [-0.39, 0.29) is 0 Å². The first-order valence-electron chi connectivity index (χ1n) is 9.46. The van der Waals surface area contributed by atoms with Gasteiger partial charge in [0.25, 0.3) is 0 Å². The molecule has 0 radical (unpaired) electrons. The van der Waals surface area contributed by atoms with Crippen LogP contribution in [0.3, 0.4) is 0 Å². The molecule has 1 aliphatic heterocycles. The summed E-state index contributed by atoms with van der Waals surface area (Å²) in [5.41, 5.74) is 0. The van der Waals surface area contributed by atoms with Crippen molar-refractivity contribution in [1.82, 2.24) is 20.2 Å². The minimum Gasteiger partial charge on any atom is -0.378 e. The second kappa shape index (κ2) is 9.56. The number of aromatic nitrogens is 2. The van der Waals surface area contributed by atoms with Gasteiger partial charge in [-0.3, -0.25) is 4.99 Å². The van der Waals surface area contributed by atoms with Gasteiger partial charge in [-0.25, -0.2) is 9.97 Å². The molecule has 7 nitrogen and oxygen atoms in total. The number of hydrogen-bond donors (Lipinski definition) is 1. The molecule has 0 unspecified atom stereocenters. The Kier molecular flexibility index (Phi) is 6.85. The zero-order chi connectivity index (χ0) is 17.3. The van der Waals surface area contributed by atoms with Gasteiger partial charge in [0.1, 0.15) is 0 Å². The van der Waals surface area contributed by atoms with Gasteiger partial charge in [0.05, 0.1) is 6.10 Å². The number of aliphatic imine (C=N–C) groups is 1. The number of guanidine groups is 1. The topological polar surface area (TPSA) is 65.9 Å². The average Bonchev–Trinajstić information content (AvgIpc) is 3.19. The Balaban J connectivity index is 1.34. The first-order valence-corrected chi connectivity index (χ1v) is 9.46. The molecule has 0 bridgehead atoms. The minimum atomic E-state index is 0.507. The summed E-state index contributed by atoms with van der Waals surface area (Å²) in [6.07, 6.45) is 10.3. The van der Waals surface area contributed by atoms with Crippen LogP contribution in [0.1, 0.15) is 32.1 Å². The zero-order valence-electron chi connectivity index (χ0n) is 15.2. The molecule has 3 rings (SSSR count). The summed E-state index contributed by atoms with van der Waals surface area (Å²) >= 11 is 0. The monoisotopic (exact) mass is 346 g/mol. The van der Waals surface area contributed by atoms with E-state index >= 15 is 0 Å². The molecule has 7 heteroatoms. The standard InChI is InChI=1S/C18H30N6O/c1-19-17(20-10-5-15-25-16-6-2-3-7-16)23-11-13-24(14-12-23)18-21-8-4-9-22-18/h4,8-9,16H,2-3,5-7,10-15H2,1H3,(H,19,20). The van der Waals surface area contributed by atoms with Gasteiger partial charge in [-0.05, 0) is 25.3 Å². The number of piperazine rings is 1. The Bertz CT molecular complexity index is 524.